The number of hydrogen-bond donors (Lipinski definition) is 0. The summed E-state index contributed by atoms with van der Waals surface area (Å²) in [5, 5.41) is 11.6. The molecule has 0 aliphatic carbocycles. The molecule has 0 aliphatic rings. The molecule has 51 heavy (non-hydrogen) atoms. The van der Waals surface area contributed by atoms with Crippen molar-refractivity contribution in [1.29, 1.82) is 5.26 Å². The highest BCUT2D eigenvalue weighted by Gasteiger charge is 2.18. The predicted molar refractivity (Wildman–Crippen MR) is 208 cm³/mol. The average molecular weight is 651 g/mol. The van der Waals surface area contributed by atoms with Crippen molar-refractivity contribution in [1.82, 2.24) is 14.5 Å². The second kappa shape index (κ2) is 12.7. The van der Waals surface area contributed by atoms with E-state index in [4.69, 9.17) is 9.97 Å². The van der Waals surface area contributed by atoms with Crippen LogP contribution in [0.3, 0.4) is 0 Å². The van der Waals surface area contributed by atoms with Gasteiger partial charge in [-0.15, -0.1) is 0 Å². The number of nitriles is 1. The van der Waals surface area contributed by atoms with Crippen LogP contribution >= 0.6 is 0 Å². The number of hydrogen-bond acceptors (Lipinski definition) is 3. The summed E-state index contributed by atoms with van der Waals surface area (Å²) in [6.07, 6.45) is 0. The van der Waals surface area contributed by atoms with Gasteiger partial charge in [-0.3, -0.25) is 4.57 Å². The lowest BCUT2D eigenvalue weighted by atomic mass is 10.0. The van der Waals surface area contributed by atoms with Crippen LogP contribution in [0.5, 0.6) is 0 Å². The van der Waals surface area contributed by atoms with Crippen LogP contribution in [0, 0.1) is 11.3 Å². The Hall–Kier alpha value is -7.09. The van der Waals surface area contributed by atoms with Gasteiger partial charge in [-0.25, -0.2) is 9.97 Å². The first-order valence-electron chi connectivity index (χ1n) is 17.0. The van der Waals surface area contributed by atoms with Gasteiger partial charge < -0.3 is 0 Å². The fourth-order valence-electron chi connectivity index (χ4n) is 6.87. The monoisotopic (exact) mass is 650 g/mol. The number of nitrogens with zero attached hydrogens (tertiary/aromatic N) is 4. The number of rotatable bonds is 6. The van der Waals surface area contributed by atoms with Crippen molar-refractivity contribution in [2.75, 3.05) is 0 Å². The van der Waals surface area contributed by atoms with Gasteiger partial charge in [-0.2, -0.15) is 5.26 Å². The Balaban J connectivity index is 1.25. The number of fused-ring (bicyclic) bond motifs is 3. The molecule has 0 unspecified atom stereocenters. The quantitative estimate of drug-likeness (QED) is 0.180. The maximum absolute atomic E-state index is 9.23. The summed E-state index contributed by atoms with van der Waals surface area (Å²) in [7, 11) is 0. The minimum atomic E-state index is 0.648. The number of benzene rings is 7. The molecule has 0 bridgehead atoms. The van der Waals surface area contributed by atoms with Gasteiger partial charge >= 0.3 is 0 Å². The standard InChI is InChI=1S/C47H30N4/c48-31-32-16-18-35(19-17-32)36-20-22-37(23-21-36)43-30-46(50-47(49-43)38-14-8-3-9-15-38)51-44-26-24-39(33-10-4-1-5-11-33)28-41(44)42-29-40(25-27-45(42)51)34-12-6-2-7-13-34/h1-30H. The zero-order valence-electron chi connectivity index (χ0n) is 27.6. The lowest BCUT2D eigenvalue weighted by Gasteiger charge is -2.13. The molecule has 9 aromatic rings. The lowest BCUT2D eigenvalue weighted by molar-refractivity contribution is 1.05. The highest BCUT2D eigenvalue weighted by molar-refractivity contribution is 6.11. The summed E-state index contributed by atoms with van der Waals surface area (Å²) in [4.78, 5) is 10.4. The molecule has 4 nitrogen and oxygen atoms in total. The van der Waals surface area contributed by atoms with Crippen molar-refractivity contribution in [3.63, 3.8) is 0 Å². The fraction of sp³-hybridized carbons (Fsp3) is 0. The molecule has 238 valence electrons. The summed E-state index contributed by atoms with van der Waals surface area (Å²) < 4.78 is 2.27. The van der Waals surface area contributed by atoms with Crippen LogP contribution < -0.4 is 0 Å². The molecular formula is C47H30N4. The van der Waals surface area contributed by atoms with Crippen LogP contribution in [0.4, 0.5) is 0 Å². The summed E-state index contributed by atoms with van der Waals surface area (Å²) in [5.41, 5.74) is 12.4. The zero-order valence-corrected chi connectivity index (χ0v) is 27.6. The van der Waals surface area contributed by atoms with E-state index in [1.54, 1.807) is 0 Å². The van der Waals surface area contributed by atoms with E-state index in [0.717, 1.165) is 55.6 Å². The molecule has 0 aliphatic heterocycles. The normalized spacial score (nSPS) is 11.1. The molecule has 0 spiro atoms. The average Bonchev–Trinajstić information content (AvgIpc) is 3.55. The Bertz CT molecular complexity index is 2610. The third-order valence-corrected chi connectivity index (χ3v) is 9.48. The topological polar surface area (TPSA) is 54.5 Å². The molecule has 0 saturated carbocycles. The Morgan fingerprint density at radius 2 is 0.824 bits per heavy atom. The molecule has 7 aromatic carbocycles. The third-order valence-electron chi connectivity index (χ3n) is 9.48. The molecule has 0 radical (unpaired) electrons. The van der Waals surface area contributed by atoms with Gasteiger partial charge in [0.15, 0.2) is 5.82 Å². The largest absolute Gasteiger partial charge is 0.294 e. The molecule has 2 aromatic heterocycles. The first kappa shape index (κ1) is 30.0. The Labute approximate surface area is 296 Å². The number of aromatic nitrogens is 3. The van der Waals surface area contributed by atoms with E-state index in [2.05, 4.69) is 150 Å². The van der Waals surface area contributed by atoms with E-state index in [1.165, 1.54) is 22.3 Å². The van der Waals surface area contributed by atoms with E-state index < -0.39 is 0 Å². The molecular weight excluding hydrogens is 621 g/mol. The summed E-state index contributed by atoms with van der Waals surface area (Å²) >= 11 is 0. The molecule has 4 heteroatoms. The van der Waals surface area contributed by atoms with Gasteiger partial charge in [0, 0.05) is 28.0 Å². The Morgan fingerprint density at radius 3 is 1.33 bits per heavy atom. The first-order valence-corrected chi connectivity index (χ1v) is 17.0. The Kier molecular flexibility index (Phi) is 7.50. The van der Waals surface area contributed by atoms with Gasteiger partial charge in [-0.05, 0) is 69.8 Å². The van der Waals surface area contributed by atoms with E-state index >= 15 is 0 Å². The van der Waals surface area contributed by atoms with Crippen LogP contribution in [0.1, 0.15) is 5.56 Å². The highest BCUT2D eigenvalue weighted by Crippen LogP contribution is 2.38. The van der Waals surface area contributed by atoms with Crippen LogP contribution in [0.2, 0.25) is 0 Å². The van der Waals surface area contributed by atoms with Gasteiger partial charge in [0.25, 0.3) is 0 Å². The highest BCUT2D eigenvalue weighted by atomic mass is 15.1. The van der Waals surface area contributed by atoms with E-state index in [0.29, 0.717) is 11.4 Å². The van der Waals surface area contributed by atoms with Crippen LogP contribution in [-0.2, 0) is 0 Å². The maximum atomic E-state index is 9.23. The van der Waals surface area contributed by atoms with Crippen LogP contribution in [-0.4, -0.2) is 14.5 Å². The van der Waals surface area contributed by atoms with E-state index in [1.807, 2.05) is 42.5 Å². The van der Waals surface area contributed by atoms with Crippen molar-refractivity contribution in [2.45, 2.75) is 0 Å². The van der Waals surface area contributed by atoms with Gasteiger partial charge in [0.2, 0.25) is 0 Å². The van der Waals surface area contributed by atoms with Gasteiger partial charge in [-0.1, -0.05) is 140 Å². The SMILES string of the molecule is N#Cc1ccc(-c2ccc(-c3cc(-n4c5ccc(-c6ccccc6)cc5c5cc(-c6ccccc6)ccc54)nc(-c4ccccc4)n3)cc2)cc1. The van der Waals surface area contributed by atoms with Crippen molar-refractivity contribution in [3.05, 3.63) is 188 Å². The van der Waals surface area contributed by atoms with Crippen LogP contribution in [0.15, 0.2) is 182 Å². The maximum Gasteiger partial charge on any atom is 0.162 e. The summed E-state index contributed by atoms with van der Waals surface area (Å²) in [6.45, 7) is 0. The fourth-order valence-corrected chi connectivity index (χ4v) is 6.87. The Morgan fingerprint density at radius 1 is 0.392 bits per heavy atom. The second-order valence-electron chi connectivity index (χ2n) is 12.6. The molecule has 0 amide bonds. The predicted octanol–water partition coefficient (Wildman–Crippen LogP) is 11.8. The van der Waals surface area contributed by atoms with Crippen LogP contribution in [0.25, 0.3) is 83.6 Å². The van der Waals surface area contributed by atoms with E-state index in [-0.39, 0.29) is 0 Å². The van der Waals surface area contributed by atoms with E-state index in [9.17, 15) is 5.26 Å². The zero-order chi connectivity index (χ0) is 34.1. The molecule has 9 rings (SSSR count). The molecule has 0 N–H and O–H groups in total. The minimum absolute atomic E-state index is 0.648. The second-order valence-corrected chi connectivity index (χ2v) is 12.6. The lowest BCUT2D eigenvalue weighted by Crippen LogP contribution is -2.02. The van der Waals surface area contributed by atoms with Gasteiger partial charge in [0.05, 0.1) is 28.4 Å². The van der Waals surface area contributed by atoms with Crippen molar-refractivity contribution < 1.29 is 0 Å². The van der Waals surface area contributed by atoms with Crippen molar-refractivity contribution in [2.24, 2.45) is 0 Å². The first-order chi connectivity index (χ1) is 25.2. The third kappa shape index (κ3) is 5.63. The molecule has 0 saturated heterocycles. The minimum Gasteiger partial charge on any atom is -0.294 e. The molecule has 0 fully saturated rings. The van der Waals surface area contributed by atoms with Gasteiger partial charge in [0.1, 0.15) is 5.82 Å². The summed E-state index contributed by atoms with van der Waals surface area (Å²) in [6, 6.07) is 65.1. The summed E-state index contributed by atoms with van der Waals surface area (Å²) in [5.74, 6) is 1.46. The van der Waals surface area contributed by atoms with Crippen molar-refractivity contribution in [3.8, 4) is 67.9 Å². The van der Waals surface area contributed by atoms with Crippen molar-refractivity contribution >= 4 is 21.8 Å². The molecule has 0 atom stereocenters. The smallest absolute Gasteiger partial charge is 0.162 e. The molecule has 2 heterocycles.